The Morgan fingerprint density at radius 2 is 1.66 bits per heavy atom. The standard InChI is InChI=1S/C50H66ClN9O6S/c1-31-8-17-40-43(31)46(54-29-53-40)58-20-22-59(23-21-58)48(64)39(35-13-15-37(51)16-14-35)27-52-19-7-24-66-25-18-42(62)57-45(50(4,5)6)49(65)60-28-38(61)26-41(60)47(63)56-32(2)34-9-11-36(12-10-34)44-33(3)55-30-67-44/h9-16,29-32,38-39,41,45,52,61H,7-8,17-28H2,1-6H3,(H,56,63)(H,57,62)/t31-,32?,38-,39?,41+,45?/m1/s1. The first-order valence-corrected chi connectivity index (χ1v) is 24.8. The van der Waals surface area contributed by atoms with Crippen molar-refractivity contribution in [1.29, 1.82) is 0 Å². The second-order valence-electron chi connectivity index (χ2n) is 19.2. The monoisotopic (exact) mass is 955 g/mol. The zero-order valence-electron chi connectivity index (χ0n) is 39.6. The molecule has 0 bridgehead atoms. The molecule has 2 aromatic carbocycles. The Labute approximate surface area is 403 Å². The first kappa shape index (κ1) is 49.9. The number of fused-ring (bicyclic) bond motifs is 1. The highest BCUT2D eigenvalue weighted by molar-refractivity contribution is 7.13. The van der Waals surface area contributed by atoms with Gasteiger partial charge in [0.25, 0.3) is 0 Å². The van der Waals surface area contributed by atoms with E-state index in [-0.39, 0.29) is 49.8 Å². The van der Waals surface area contributed by atoms with Gasteiger partial charge in [-0.2, -0.15) is 0 Å². The van der Waals surface area contributed by atoms with E-state index in [0.29, 0.717) is 63.2 Å². The van der Waals surface area contributed by atoms with Gasteiger partial charge in [0, 0.05) is 75.0 Å². The fraction of sp³-hybridized carbons (Fsp3) is 0.540. The van der Waals surface area contributed by atoms with Gasteiger partial charge in [0.15, 0.2) is 0 Å². The minimum absolute atomic E-state index is 0.00884. The molecule has 4 amide bonds. The molecule has 4 heterocycles. The predicted octanol–water partition coefficient (Wildman–Crippen LogP) is 5.80. The van der Waals surface area contributed by atoms with Crippen LogP contribution >= 0.6 is 22.9 Å². The maximum Gasteiger partial charge on any atom is 0.246 e. The number of hydrogen-bond donors (Lipinski definition) is 4. The molecule has 360 valence electrons. The van der Waals surface area contributed by atoms with E-state index < -0.39 is 35.4 Å². The van der Waals surface area contributed by atoms with Crippen molar-refractivity contribution in [2.45, 2.75) is 110 Å². The van der Waals surface area contributed by atoms with Crippen LogP contribution in [0, 0.1) is 12.3 Å². The quantitative estimate of drug-likeness (QED) is 0.0886. The van der Waals surface area contributed by atoms with Crippen molar-refractivity contribution < 1.29 is 29.0 Å². The van der Waals surface area contributed by atoms with E-state index in [9.17, 15) is 24.3 Å². The zero-order chi connectivity index (χ0) is 47.8. The van der Waals surface area contributed by atoms with Gasteiger partial charge in [0.2, 0.25) is 23.6 Å². The molecule has 67 heavy (non-hydrogen) atoms. The normalized spacial score (nSPS) is 19.8. The number of aliphatic hydroxyl groups excluding tert-OH is 1. The first-order valence-electron chi connectivity index (χ1n) is 23.6. The van der Waals surface area contributed by atoms with Crippen molar-refractivity contribution in [3.63, 3.8) is 0 Å². The molecule has 15 nitrogen and oxygen atoms in total. The third kappa shape index (κ3) is 12.4. The van der Waals surface area contributed by atoms with E-state index in [2.05, 4.69) is 42.7 Å². The second-order valence-corrected chi connectivity index (χ2v) is 20.5. The summed E-state index contributed by atoms with van der Waals surface area (Å²) in [5.74, 6) is -0.0157. The molecule has 6 atom stereocenters. The van der Waals surface area contributed by atoms with Gasteiger partial charge in [-0.15, -0.1) is 11.3 Å². The van der Waals surface area contributed by atoms with Crippen molar-refractivity contribution in [1.82, 2.24) is 40.7 Å². The second kappa shape index (κ2) is 22.4. The summed E-state index contributed by atoms with van der Waals surface area (Å²) < 4.78 is 5.84. The summed E-state index contributed by atoms with van der Waals surface area (Å²) in [6, 6.07) is 13.2. The molecule has 3 unspecified atom stereocenters. The SMILES string of the molecule is Cc1ncsc1-c1ccc(C(C)NC(=O)[C@@H]2C[C@@H](O)CN2C(=O)C(NC(=O)CCOCCCNCC(C(=O)N2CCN(c3ncnc4c3[C@H](C)CC4)CC2)c2ccc(Cl)cc2)C(C)(C)C)cc1. The molecule has 4 aromatic rings. The van der Waals surface area contributed by atoms with Gasteiger partial charge in [0.05, 0.1) is 40.8 Å². The van der Waals surface area contributed by atoms with Crippen LogP contribution < -0.4 is 20.9 Å². The molecule has 0 radical (unpaired) electrons. The largest absolute Gasteiger partial charge is 0.391 e. The van der Waals surface area contributed by atoms with Gasteiger partial charge < -0.3 is 40.5 Å². The molecule has 2 fully saturated rings. The molecule has 17 heteroatoms. The number of aliphatic hydroxyl groups is 1. The molecule has 2 aromatic heterocycles. The van der Waals surface area contributed by atoms with Crippen LogP contribution in [0.15, 0.2) is 60.4 Å². The summed E-state index contributed by atoms with van der Waals surface area (Å²) in [5.41, 5.74) is 7.35. The Kier molecular flexibility index (Phi) is 16.7. The number of thiazole rings is 1. The Bertz CT molecular complexity index is 2330. The highest BCUT2D eigenvalue weighted by Crippen LogP contribution is 2.37. The van der Waals surface area contributed by atoms with E-state index in [4.69, 9.17) is 16.3 Å². The third-order valence-electron chi connectivity index (χ3n) is 13.2. The van der Waals surface area contributed by atoms with Crippen LogP contribution in [0.2, 0.25) is 5.02 Å². The molecule has 4 N–H and O–H groups in total. The van der Waals surface area contributed by atoms with Crippen molar-refractivity contribution in [2.75, 3.05) is 63.9 Å². The number of rotatable bonds is 18. The van der Waals surface area contributed by atoms with Crippen LogP contribution in [-0.2, 0) is 30.3 Å². The minimum atomic E-state index is -0.937. The third-order valence-corrected chi connectivity index (χ3v) is 14.5. The number of amides is 4. The van der Waals surface area contributed by atoms with Crippen molar-refractivity contribution >= 4 is 52.4 Å². The van der Waals surface area contributed by atoms with Crippen LogP contribution in [0.4, 0.5) is 5.82 Å². The highest BCUT2D eigenvalue weighted by atomic mass is 35.5. The Hall–Kier alpha value is -5.00. The summed E-state index contributed by atoms with van der Waals surface area (Å²) in [5, 5.41) is 20.7. The number of aryl methyl sites for hydroxylation is 2. The lowest BCUT2D eigenvalue weighted by Gasteiger charge is -2.38. The summed E-state index contributed by atoms with van der Waals surface area (Å²) in [6.07, 6.45) is 3.66. The number of benzene rings is 2. The van der Waals surface area contributed by atoms with Crippen LogP contribution in [0.3, 0.4) is 0 Å². The van der Waals surface area contributed by atoms with Gasteiger partial charge in [-0.25, -0.2) is 15.0 Å². The topological polar surface area (TPSA) is 182 Å². The number of likely N-dealkylation sites (tertiary alicyclic amines) is 1. The lowest BCUT2D eigenvalue weighted by molar-refractivity contribution is -0.144. The van der Waals surface area contributed by atoms with Crippen LogP contribution in [-0.4, -0.2) is 131 Å². The number of ether oxygens (including phenoxy) is 1. The fourth-order valence-electron chi connectivity index (χ4n) is 9.34. The van der Waals surface area contributed by atoms with Gasteiger partial charge in [-0.3, -0.25) is 19.2 Å². The number of nitrogens with one attached hydrogen (secondary N) is 3. The number of nitrogens with zero attached hydrogens (tertiary/aromatic N) is 6. The van der Waals surface area contributed by atoms with Crippen molar-refractivity contribution in [2.24, 2.45) is 5.41 Å². The molecule has 3 aliphatic rings. The average molecular weight is 957 g/mol. The van der Waals surface area contributed by atoms with E-state index in [1.165, 1.54) is 10.5 Å². The minimum Gasteiger partial charge on any atom is -0.391 e. The Morgan fingerprint density at radius 3 is 2.34 bits per heavy atom. The van der Waals surface area contributed by atoms with Crippen molar-refractivity contribution in [3.05, 3.63) is 93.5 Å². The predicted molar refractivity (Wildman–Crippen MR) is 261 cm³/mol. The smallest absolute Gasteiger partial charge is 0.246 e. The van der Waals surface area contributed by atoms with Crippen LogP contribution in [0.1, 0.15) is 106 Å². The van der Waals surface area contributed by atoms with Crippen LogP contribution in [0.5, 0.6) is 0 Å². The van der Waals surface area contributed by atoms with E-state index in [1.807, 2.05) is 93.6 Å². The number of carbonyl (C=O) groups is 4. The van der Waals surface area contributed by atoms with E-state index in [1.54, 1.807) is 17.7 Å². The average Bonchev–Trinajstić information content (AvgIpc) is 4.05. The van der Waals surface area contributed by atoms with E-state index >= 15 is 0 Å². The molecule has 0 saturated carbocycles. The Balaban J connectivity index is 0.845. The molecule has 7 rings (SSSR count). The molecular formula is C50H66ClN9O6S. The van der Waals surface area contributed by atoms with Gasteiger partial charge in [-0.1, -0.05) is 75.7 Å². The number of β-amino-alcohol motifs (C(OH)–C–C–N with tert-alkyl or cyclic N) is 1. The van der Waals surface area contributed by atoms with Crippen LogP contribution in [0.25, 0.3) is 10.4 Å². The summed E-state index contributed by atoms with van der Waals surface area (Å²) >= 11 is 7.80. The number of halogens is 1. The Morgan fingerprint density at radius 1 is 0.940 bits per heavy atom. The number of hydrogen-bond acceptors (Lipinski definition) is 12. The lowest BCUT2D eigenvalue weighted by Crippen LogP contribution is -2.58. The summed E-state index contributed by atoms with van der Waals surface area (Å²) in [4.78, 5) is 75.4. The van der Waals surface area contributed by atoms with Crippen molar-refractivity contribution in [3.8, 4) is 10.4 Å². The molecule has 2 aliphatic heterocycles. The molecule has 1 aliphatic carbocycles. The first-order chi connectivity index (χ1) is 32.1. The lowest BCUT2D eigenvalue weighted by atomic mass is 9.85. The number of aromatic nitrogens is 3. The number of carbonyl (C=O) groups excluding carboxylic acids is 4. The molecule has 2 saturated heterocycles. The zero-order valence-corrected chi connectivity index (χ0v) is 41.2. The fourth-order valence-corrected chi connectivity index (χ4v) is 10.3. The summed E-state index contributed by atoms with van der Waals surface area (Å²) in [6.45, 7) is 15.9. The maximum absolute atomic E-state index is 14.1. The van der Waals surface area contributed by atoms with E-state index in [0.717, 1.165) is 51.6 Å². The highest BCUT2D eigenvalue weighted by Gasteiger charge is 2.45. The molecule has 0 spiro atoms. The summed E-state index contributed by atoms with van der Waals surface area (Å²) in [7, 11) is 0. The number of piperazine rings is 1. The van der Waals surface area contributed by atoms with Gasteiger partial charge >= 0.3 is 0 Å². The van der Waals surface area contributed by atoms with Gasteiger partial charge in [-0.05, 0) is 79.8 Å². The molecular weight excluding hydrogens is 890 g/mol. The maximum atomic E-state index is 14.1. The number of anilines is 1. The van der Waals surface area contributed by atoms with Gasteiger partial charge in [0.1, 0.15) is 24.2 Å².